The molecule has 0 amide bonds. The molecule has 0 spiro atoms. The summed E-state index contributed by atoms with van der Waals surface area (Å²) in [6, 6.07) is 8.39. The molecule has 5 rings (SSSR count). The van der Waals surface area contributed by atoms with E-state index < -0.39 is 0 Å². The largest absolute Gasteiger partial charge is 0.496 e. The maximum Gasteiger partial charge on any atom is 0.140 e. The van der Waals surface area contributed by atoms with E-state index in [9.17, 15) is 0 Å². The monoisotopic (exact) mass is 403 g/mol. The quantitative estimate of drug-likeness (QED) is 0.533. The van der Waals surface area contributed by atoms with Crippen molar-refractivity contribution in [2.75, 3.05) is 25.5 Å². The Kier molecular flexibility index (Phi) is 4.63. The summed E-state index contributed by atoms with van der Waals surface area (Å²) < 4.78 is 9.45. The van der Waals surface area contributed by atoms with Crippen molar-refractivity contribution in [3.63, 3.8) is 0 Å². The molecule has 4 aromatic heterocycles. The molecule has 4 aromatic rings. The molecule has 2 unspecified atom stereocenters. The molecule has 30 heavy (non-hydrogen) atoms. The minimum Gasteiger partial charge on any atom is -0.496 e. The number of hydrogen-bond acceptors (Lipinski definition) is 6. The predicted molar refractivity (Wildman–Crippen MR) is 117 cm³/mol. The Balaban J connectivity index is 1.55. The van der Waals surface area contributed by atoms with E-state index in [0.29, 0.717) is 12.0 Å². The van der Waals surface area contributed by atoms with E-state index in [1.54, 1.807) is 11.8 Å². The summed E-state index contributed by atoms with van der Waals surface area (Å²) in [5, 5.41) is 11.3. The molecule has 0 aromatic carbocycles. The third kappa shape index (κ3) is 3.29. The van der Waals surface area contributed by atoms with Crippen LogP contribution in [0.25, 0.3) is 28.2 Å². The normalized spacial score (nSPS) is 18.8. The summed E-state index contributed by atoms with van der Waals surface area (Å²) in [5.41, 5.74) is 4.55. The zero-order valence-corrected chi connectivity index (χ0v) is 17.3. The highest BCUT2D eigenvalue weighted by molar-refractivity contribution is 5.73. The third-order valence-electron chi connectivity index (χ3n) is 5.71. The van der Waals surface area contributed by atoms with Gasteiger partial charge in [0, 0.05) is 49.2 Å². The minimum atomic E-state index is 0.386. The molecule has 5 heterocycles. The number of anilines is 1. The van der Waals surface area contributed by atoms with Crippen LogP contribution >= 0.6 is 0 Å². The average molecular weight is 403 g/mol. The molecule has 2 N–H and O–H groups in total. The Labute approximate surface area is 174 Å². The van der Waals surface area contributed by atoms with Crippen molar-refractivity contribution in [3.05, 3.63) is 49.1 Å². The van der Waals surface area contributed by atoms with Crippen molar-refractivity contribution in [2.24, 2.45) is 13.0 Å². The molecule has 0 bridgehead atoms. The number of imidazole rings is 1. The number of ether oxygens (including phenoxy) is 1. The Morgan fingerprint density at radius 2 is 2.10 bits per heavy atom. The Bertz CT molecular complexity index is 1200. The van der Waals surface area contributed by atoms with Gasteiger partial charge in [-0.1, -0.05) is 13.0 Å². The van der Waals surface area contributed by atoms with Crippen molar-refractivity contribution >= 4 is 11.5 Å². The van der Waals surface area contributed by atoms with E-state index in [-0.39, 0.29) is 0 Å². The first-order chi connectivity index (χ1) is 14.6. The van der Waals surface area contributed by atoms with Gasteiger partial charge in [0.15, 0.2) is 0 Å². The number of pyridine rings is 2. The second-order valence-corrected chi connectivity index (χ2v) is 7.82. The van der Waals surface area contributed by atoms with Gasteiger partial charge in [-0.15, -0.1) is 0 Å². The molecular formula is C22H25N7O. The molecule has 0 aliphatic carbocycles. The minimum absolute atomic E-state index is 0.386. The van der Waals surface area contributed by atoms with E-state index in [2.05, 4.69) is 32.0 Å². The fourth-order valence-corrected chi connectivity index (χ4v) is 3.99. The summed E-state index contributed by atoms with van der Waals surface area (Å²) in [7, 11) is 3.57. The van der Waals surface area contributed by atoms with Gasteiger partial charge >= 0.3 is 0 Å². The van der Waals surface area contributed by atoms with Gasteiger partial charge in [-0.2, -0.15) is 5.10 Å². The zero-order chi connectivity index (χ0) is 20.7. The lowest BCUT2D eigenvalue weighted by Gasteiger charge is -2.17. The molecular weight excluding hydrogens is 378 g/mol. The maximum atomic E-state index is 5.61. The number of aryl methyl sites for hydroxylation is 1. The maximum absolute atomic E-state index is 5.61. The van der Waals surface area contributed by atoms with Gasteiger partial charge in [0.1, 0.15) is 17.2 Å². The summed E-state index contributed by atoms with van der Waals surface area (Å²) in [5.74, 6) is 2.21. The van der Waals surface area contributed by atoms with Crippen LogP contribution in [0.1, 0.15) is 6.92 Å². The third-order valence-corrected chi connectivity index (χ3v) is 5.71. The first-order valence-corrected chi connectivity index (χ1v) is 10.1. The molecule has 1 saturated heterocycles. The van der Waals surface area contributed by atoms with E-state index in [1.165, 1.54) is 0 Å². The van der Waals surface area contributed by atoms with Crippen LogP contribution in [0.3, 0.4) is 0 Å². The molecule has 1 fully saturated rings. The smallest absolute Gasteiger partial charge is 0.140 e. The Hall–Kier alpha value is -3.39. The Morgan fingerprint density at radius 3 is 2.83 bits per heavy atom. The van der Waals surface area contributed by atoms with Crippen LogP contribution in [0.2, 0.25) is 0 Å². The van der Waals surface area contributed by atoms with Crippen molar-refractivity contribution in [1.82, 2.24) is 29.5 Å². The van der Waals surface area contributed by atoms with Crippen LogP contribution in [0.5, 0.6) is 5.75 Å². The van der Waals surface area contributed by atoms with Gasteiger partial charge in [-0.05, 0) is 24.6 Å². The summed E-state index contributed by atoms with van der Waals surface area (Å²) in [4.78, 5) is 9.45. The van der Waals surface area contributed by atoms with E-state index >= 15 is 0 Å². The molecule has 0 radical (unpaired) electrons. The first kappa shape index (κ1) is 18.6. The highest BCUT2D eigenvalue weighted by atomic mass is 16.5. The Morgan fingerprint density at radius 1 is 1.20 bits per heavy atom. The van der Waals surface area contributed by atoms with E-state index in [1.807, 2.05) is 56.1 Å². The molecule has 1 aliphatic rings. The number of nitrogens with one attached hydrogen (secondary N) is 2. The second-order valence-electron chi connectivity index (χ2n) is 7.82. The van der Waals surface area contributed by atoms with Crippen LogP contribution in [-0.4, -0.2) is 50.4 Å². The van der Waals surface area contributed by atoms with Crippen LogP contribution in [0, 0.1) is 5.92 Å². The number of nitrogens with zero attached hydrogens (tertiary/aromatic N) is 5. The topological polar surface area (TPSA) is 81.3 Å². The molecule has 8 heteroatoms. The zero-order valence-electron chi connectivity index (χ0n) is 17.3. The van der Waals surface area contributed by atoms with Crippen LogP contribution in [0.15, 0.2) is 49.1 Å². The number of hydrogen-bond donors (Lipinski definition) is 2. The van der Waals surface area contributed by atoms with E-state index in [4.69, 9.17) is 9.72 Å². The molecule has 8 nitrogen and oxygen atoms in total. The first-order valence-electron chi connectivity index (χ1n) is 10.1. The predicted octanol–water partition coefficient (Wildman–Crippen LogP) is 2.83. The number of rotatable bonds is 5. The number of methoxy groups -OCH3 is 1. The number of aromatic nitrogens is 5. The van der Waals surface area contributed by atoms with Crippen molar-refractivity contribution < 1.29 is 4.74 Å². The molecule has 1 aliphatic heterocycles. The average Bonchev–Trinajstić information content (AvgIpc) is 3.47. The van der Waals surface area contributed by atoms with Crippen molar-refractivity contribution in [3.8, 4) is 28.3 Å². The van der Waals surface area contributed by atoms with Crippen LogP contribution in [-0.2, 0) is 7.05 Å². The number of fused-ring (bicyclic) bond motifs is 1. The van der Waals surface area contributed by atoms with E-state index in [0.717, 1.165) is 52.8 Å². The van der Waals surface area contributed by atoms with Crippen molar-refractivity contribution in [1.29, 1.82) is 0 Å². The van der Waals surface area contributed by atoms with Crippen molar-refractivity contribution in [2.45, 2.75) is 13.0 Å². The van der Waals surface area contributed by atoms with Gasteiger partial charge in [-0.25, -0.2) is 9.97 Å². The standard InChI is InChI=1S/C22H25N7O/c1-14-8-23-10-18(14)27-21-6-4-5-17(26-21)19-11-24-22-7-20(30-3)16(13-29(19)22)15-9-25-28(2)12-15/h4-7,9,11-14,18,23H,8,10H2,1-3H3,(H,26,27). The van der Waals surface area contributed by atoms with Gasteiger partial charge < -0.3 is 15.4 Å². The van der Waals surface area contributed by atoms with Gasteiger partial charge in [0.25, 0.3) is 0 Å². The second kappa shape index (κ2) is 7.46. The molecule has 154 valence electrons. The fraction of sp³-hybridized carbons (Fsp3) is 0.318. The summed E-state index contributed by atoms with van der Waals surface area (Å²) in [6.45, 7) is 4.24. The molecule has 2 atom stereocenters. The molecule has 0 saturated carbocycles. The highest BCUT2D eigenvalue weighted by Gasteiger charge is 2.23. The lowest BCUT2D eigenvalue weighted by Crippen LogP contribution is -2.27. The fourth-order valence-electron chi connectivity index (χ4n) is 3.99. The van der Waals surface area contributed by atoms with Gasteiger partial charge in [0.2, 0.25) is 0 Å². The van der Waals surface area contributed by atoms with Crippen LogP contribution < -0.4 is 15.4 Å². The van der Waals surface area contributed by atoms with Gasteiger partial charge in [0.05, 0.1) is 30.9 Å². The summed E-state index contributed by atoms with van der Waals surface area (Å²) >= 11 is 0. The van der Waals surface area contributed by atoms with Crippen LogP contribution in [0.4, 0.5) is 5.82 Å². The van der Waals surface area contributed by atoms with Gasteiger partial charge in [-0.3, -0.25) is 9.08 Å². The highest BCUT2D eigenvalue weighted by Crippen LogP contribution is 2.32. The lowest BCUT2D eigenvalue weighted by atomic mass is 10.1. The summed E-state index contributed by atoms with van der Waals surface area (Å²) in [6.07, 6.45) is 7.70. The lowest BCUT2D eigenvalue weighted by molar-refractivity contribution is 0.416. The SMILES string of the molecule is COc1cc2ncc(-c3cccc(NC4CNCC4C)n3)n2cc1-c1cnn(C)c1.